The number of rotatable bonds is 0. The lowest BCUT2D eigenvalue weighted by Gasteiger charge is -2.23. The Balaban J connectivity index is 2.60. The fourth-order valence-electron chi connectivity index (χ4n) is 1.84. The standard InChI is InChI=1S/C10H10Cl2O/c11-7-4-5-8(12)10-6(7)2-1-3-9(10)13/h4-5,9,13H,1-3H2/t9-/m1/s1. The third kappa shape index (κ3) is 1.56. The molecule has 0 heterocycles. The highest BCUT2D eigenvalue weighted by atomic mass is 35.5. The number of benzene rings is 1. The molecule has 0 radical (unpaired) electrons. The minimum absolute atomic E-state index is 0.435. The molecule has 1 aromatic rings. The van der Waals surface area contributed by atoms with Gasteiger partial charge in [-0.25, -0.2) is 0 Å². The molecule has 0 saturated heterocycles. The number of hydrogen-bond donors (Lipinski definition) is 1. The van der Waals surface area contributed by atoms with Crippen LogP contribution in [-0.2, 0) is 6.42 Å². The summed E-state index contributed by atoms with van der Waals surface area (Å²) in [6.45, 7) is 0. The second kappa shape index (κ2) is 3.49. The highest BCUT2D eigenvalue weighted by Crippen LogP contribution is 2.38. The molecule has 0 fully saturated rings. The molecule has 0 amide bonds. The SMILES string of the molecule is O[C@@H]1CCCc2c(Cl)ccc(Cl)c21. The van der Waals surface area contributed by atoms with Crippen LogP contribution in [0.1, 0.15) is 30.1 Å². The van der Waals surface area contributed by atoms with E-state index in [2.05, 4.69) is 0 Å². The van der Waals surface area contributed by atoms with Gasteiger partial charge in [0.15, 0.2) is 0 Å². The lowest BCUT2D eigenvalue weighted by atomic mass is 9.89. The average Bonchev–Trinajstić information content (AvgIpc) is 2.12. The first kappa shape index (κ1) is 9.32. The molecule has 0 aromatic heterocycles. The molecule has 13 heavy (non-hydrogen) atoms. The Bertz CT molecular complexity index is 336. The smallest absolute Gasteiger partial charge is 0.0807 e. The lowest BCUT2D eigenvalue weighted by molar-refractivity contribution is 0.156. The van der Waals surface area contributed by atoms with Gasteiger partial charge in [0.1, 0.15) is 0 Å². The van der Waals surface area contributed by atoms with Gasteiger partial charge >= 0.3 is 0 Å². The zero-order valence-electron chi connectivity index (χ0n) is 7.06. The fraction of sp³-hybridized carbons (Fsp3) is 0.400. The highest BCUT2D eigenvalue weighted by Gasteiger charge is 2.22. The van der Waals surface area contributed by atoms with Gasteiger partial charge < -0.3 is 5.11 Å². The van der Waals surface area contributed by atoms with Crippen molar-refractivity contribution in [1.82, 2.24) is 0 Å². The van der Waals surface area contributed by atoms with Gasteiger partial charge in [-0.15, -0.1) is 0 Å². The van der Waals surface area contributed by atoms with Crippen molar-refractivity contribution in [3.8, 4) is 0 Å². The molecule has 70 valence electrons. The largest absolute Gasteiger partial charge is 0.388 e. The molecule has 0 bridgehead atoms. The Morgan fingerprint density at radius 1 is 1.23 bits per heavy atom. The Morgan fingerprint density at radius 3 is 2.62 bits per heavy atom. The number of aliphatic hydroxyl groups is 1. The van der Waals surface area contributed by atoms with E-state index >= 15 is 0 Å². The van der Waals surface area contributed by atoms with Crippen LogP contribution in [0.2, 0.25) is 10.0 Å². The predicted octanol–water partition coefficient (Wildman–Crippen LogP) is 3.36. The quantitative estimate of drug-likeness (QED) is 0.706. The fourth-order valence-corrected chi connectivity index (χ4v) is 2.40. The van der Waals surface area contributed by atoms with Crippen molar-refractivity contribution >= 4 is 23.2 Å². The van der Waals surface area contributed by atoms with Crippen LogP contribution in [-0.4, -0.2) is 5.11 Å². The average molecular weight is 217 g/mol. The van der Waals surface area contributed by atoms with Gasteiger partial charge in [0.25, 0.3) is 0 Å². The van der Waals surface area contributed by atoms with Crippen molar-refractivity contribution in [2.75, 3.05) is 0 Å². The van der Waals surface area contributed by atoms with Gasteiger partial charge in [-0.05, 0) is 37.0 Å². The van der Waals surface area contributed by atoms with Crippen molar-refractivity contribution in [3.63, 3.8) is 0 Å². The summed E-state index contributed by atoms with van der Waals surface area (Å²) in [6.07, 6.45) is 2.25. The molecule has 0 aliphatic heterocycles. The molecule has 0 saturated carbocycles. The van der Waals surface area contributed by atoms with E-state index in [0.29, 0.717) is 5.02 Å². The monoisotopic (exact) mass is 216 g/mol. The van der Waals surface area contributed by atoms with Crippen LogP contribution in [0, 0.1) is 0 Å². The summed E-state index contributed by atoms with van der Waals surface area (Å²) in [7, 11) is 0. The second-order valence-electron chi connectivity index (χ2n) is 3.33. The van der Waals surface area contributed by atoms with Crippen molar-refractivity contribution in [1.29, 1.82) is 0 Å². The van der Waals surface area contributed by atoms with E-state index in [9.17, 15) is 5.11 Å². The first-order chi connectivity index (χ1) is 6.20. The molecule has 1 atom stereocenters. The molecule has 3 heteroatoms. The first-order valence-electron chi connectivity index (χ1n) is 4.35. The van der Waals surface area contributed by atoms with E-state index in [1.165, 1.54) is 0 Å². The van der Waals surface area contributed by atoms with Gasteiger partial charge in [-0.3, -0.25) is 0 Å². The summed E-state index contributed by atoms with van der Waals surface area (Å²) in [6, 6.07) is 3.54. The minimum atomic E-state index is -0.435. The zero-order chi connectivity index (χ0) is 9.42. The maximum Gasteiger partial charge on any atom is 0.0807 e. The molecule has 0 spiro atoms. The summed E-state index contributed by atoms with van der Waals surface area (Å²) in [4.78, 5) is 0. The van der Waals surface area contributed by atoms with E-state index in [0.717, 1.165) is 35.4 Å². The van der Waals surface area contributed by atoms with Crippen molar-refractivity contribution < 1.29 is 5.11 Å². The van der Waals surface area contributed by atoms with Gasteiger partial charge in [0.2, 0.25) is 0 Å². The summed E-state index contributed by atoms with van der Waals surface area (Å²) < 4.78 is 0. The maximum atomic E-state index is 9.72. The molecule has 1 aliphatic rings. The van der Waals surface area contributed by atoms with E-state index in [4.69, 9.17) is 23.2 Å². The van der Waals surface area contributed by atoms with E-state index in [1.54, 1.807) is 12.1 Å². The van der Waals surface area contributed by atoms with Crippen LogP contribution in [0.25, 0.3) is 0 Å². The molecule has 1 aliphatic carbocycles. The van der Waals surface area contributed by atoms with Crippen molar-refractivity contribution in [3.05, 3.63) is 33.3 Å². The third-order valence-corrected chi connectivity index (χ3v) is 3.17. The molecule has 1 nitrogen and oxygen atoms in total. The van der Waals surface area contributed by atoms with Crippen LogP contribution in [0.4, 0.5) is 0 Å². The summed E-state index contributed by atoms with van der Waals surface area (Å²) in [5.41, 5.74) is 1.85. The normalized spacial score (nSPS) is 21.3. The van der Waals surface area contributed by atoms with E-state index in [-0.39, 0.29) is 0 Å². The minimum Gasteiger partial charge on any atom is -0.388 e. The molecule has 1 N–H and O–H groups in total. The summed E-state index contributed by atoms with van der Waals surface area (Å²) in [5, 5.41) is 11.1. The van der Waals surface area contributed by atoms with Crippen LogP contribution in [0.5, 0.6) is 0 Å². The highest BCUT2D eigenvalue weighted by molar-refractivity contribution is 6.34. The Hall–Kier alpha value is -0.240. The lowest BCUT2D eigenvalue weighted by Crippen LogP contribution is -2.10. The van der Waals surface area contributed by atoms with Crippen LogP contribution in [0.3, 0.4) is 0 Å². The Labute approximate surface area is 87.3 Å². The molecule has 2 rings (SSSR count). The zero-order valence-corrected chi connectivity index (χ0v) is 8.57. The third-order valence-electron chi connectivity index (χ3n) is 2.48. The topological polar surface area (TPSA) is 20.2 Å². The van der Waals surface area contributed by atoms with Gasteiger partial charge in [-0.1, -0.05) is 23.2 Å². The van der Waals surface area contributed by atoms with Crippen LogP contribution >= 0.6 is 23.2 Å². The number of aliphatic hydroxyl groups excluding tert-OH is 1. The van der Waals surface area contributed by atoms with E-state index in [1.807, 2.05) is 0 Å². The van der Waals surface area contributed by atoms with E-state index < -0.39 is 6.10 Å². The predicted molar refractivity (Wildman–Crippen MR) is 54.4 cm³/mol. The Morgan fingerprint density at radius 2 is 1.92 bits per heavy atom. The molecular weight excluding hydrogens is 207 g/mol. The van der Waals surface area contributed by atoms with Crippen LogP contribution in [0.15, 0.2) is 12.1 Å². The van der Waals surface area contributed by atoms with Crippen LogP contribution < -0.4 is 0 Å². The number of halogens is 2. The molecule has 1 aromatic carbocycles. The van der Waals surface area contributed by atoms with Crippen molar-refractivity contribution in [2.45, 2.75) is 25.4 Å². The molecule has 0 unspecified atom stereocenters. The molecular formula is C10H10Cl2O. The first-order valence-corrected chi connectivity index (χ1v) is 5.10. The maximum absolute atomic E-state index is 9.72. The number of fused-ring (bicyclic) bond motifs is 1. The van der Waals surface area contributed by atoms with Gasteiger partial charge in [0.05, 0.1) is 6.10 Å². The van der Waals surface area contributed by atoms with Gasteiger partial charge in [-0.2, -0.15) is 0 Å². The van der Waals surface area contributed by atoms with Gasteiger partial charge in [0, 0.05) is 15.6 Å². The summed E-state index contributed by atoms with van der Waals surface area (Å²) >= 11 is 12.0. The Kier molecular flexibility index (Phi) is 2.50. The summed E-state index contributed by atoms with van der Waals surface area (Å²) in [5.74, 6) is 0. The number of hydrogen-bond acceptors (Lipinski definition) is 1. The second-order valence-corrected chi connectivity index (χ2v) is 4.14. The van der Waals surface area contributed by atoms with Crippen molar-refractivity contribution in [2.24, 2.45) is 0 Å².